The van der Waals surface area contributed by atoms with Crippen molar-refractivity contribution in [1.82, 2.24) is 0 Å². The van der Waals surface area contributed by atoms with Gasteiger partial charge in [0, 0.05) is 0 Å². The summed E-state index contributed by atoms with van der Waals surface area (Å²) in [5.74, 6) is 0.712. The third-order valence-electron chi connectivity index (χ3n) is 2.87. The fourth-order valence-electron chi connectivity index (χ4n) is 2.16. The Balaban J connectivity index is 1.85. The second-order valence-corrected chi connectivity index (χ2v) is 3.73. The summed E-state index contributed by atoms with van der Waals surface area (Å²) in [4.78, 5) is 4.06. The van der Waals surface area contributed by atoms with Gasteiger partial charge in [-0.15, -0.1) is 0 Å². The fraction of sp³-hybridized carbons (Fsp3) is 0.889. The number of nitrogens with zero attached hydrogens (tertiary/aromatic N) is 1. The van der Waals surface area contributed by atoms with Gasteiger partial charge in [-0.2, -0.15) is 0 Å². The van der Waals surface area contributed by atoms with E-state index in [0.29, 0.717) is 18.0 Å². The number of aliphatic imine (C=N–C) groups is 1. The molecule has 0 amide bonds. The Hall–Kier alpha value is -0.730. The highest BCUT2D eigenvalue weighted by molar-refractivity contribution is 5.73. The maximum Gasteiger partial charge on any atom is 0.282 e. The molecule has 68 valence electrons. The van der Waals surface area contributed by atoms with E-state index in [4.69, 9.17) is 10.5 Å². The lowest BCUT2D eigenvalue weighted by Gasteiger charge is -2.25. The van der Waals surface area contributed by atoms with Crippen LogP contribution in [0.1, 0.15) is 32.1 Å². The molecule has 2 rings (SSSR count). The van der Waals surface area contributed by atoms with Crippen molar-refractivity contribution in [3.8, 4) is 0 Å². The summed E-state index contributed by atoms with van der Waals surface area (Å²) >= 11 is 0. The summed E-state index contributed by atoms with van der Waals surface area (Å²) in [6.45, 7) is 0.788. The average molecular weight is 168 g/mol. The first kappa shape index (κ1) is 7.90. The van der Waals surface area contributed by atoms with Crippen LogP contribution in [-0.2, 0) is 4.74 Å². The van der Waals surface area contributed by atoms with E-state index in [1.807, 2.05) is 0 Å². The zero-order chi connectivity index (χ0) is 8.39. The van der Waals surface area contributed by atoms with E-state index in [0.717, 1.165) is 6.54 Å². The fourth-order valence-corrected chi connectivity index (χ4v) is 2.16. The van der Waals surface area contributed by atoms with Gasteiger partial charge in [0.25, 0.3) is 6.02 Å². The number of ether oxygens (including phenoxy) is 1. The van der Waals surface area contributed by atoms with Gasteiger partial charge in [0.2, 0.25) is 0 Å². The van der Waals surface area contributed by atoms with Crippen LogP contribution in [0, 0.1) is 5.92 Å². The van der Waals surface area contributed by atoms with Gasteiger partial charge < -0.3 is 10.5 Å². The molecule has 3 nitrogen and oxygen atoms in total. The summed E-state index contributed by atoms with van der Waals surface area (Å²) in [5.41, 5.74) is 5.46. The molecule has 1 heterocycles. The zero-order valence-electron chi connectivity index (χ0n) is 7.33. The average Bonchev–Trinajstić information content (AvgIpc) is 2.54. The molecular weight excluding hydrogens is 152 g/mol. The first-order valence-electron chi connectivity index (χ1n) is 4.83. The van der Waals surface area contributed by atoms with E-state index >= 15 is 0 Å². The molecular formula is C9H16N2O. The molecule has 12 heavy (non-hydrogen) atoms. The normalized spacial score (nSPS) is 31.3. The number of hydrogen-bond donors (Lipinski definition) is 1. The van der Waals surface area contributed by atoms with Crippen LogP contribution >= 0.6 is 0 Å². The van der Waals surface area contributed by atoms with Gasteiger partial charge in [-0.05, 0) is 18.8 Å². The van der Waals surface area contributed by atoms with Gasteiger partial charge >= 0.3 is 0 Å². The van der Waals surface area contributed by atoms with Crippen molar-refractivity contribution in [2.75, 3.05) is 6.54 Å². The Labute approximate surface area is 73.0 Å². The Morgan fingerprint density at radius 3 is 2.58 bits per heavy atom. The minimum Gasteiger partial charge on any atom is -0.460 e. The van der Waals surface area contributed by atoms with Crippen LogP contribution in [0.2, 0.25) is 0 Å². The highest BCUT2D eigenvalue weighted by atomic mass is 16.5. The van der Waals surface area contributed by atoms with Crippen molar-refractivity contribution in [1.29, 1.82) is 0 Å². The van der Waals surface area contributed by atoms with E-state index in [2.05, 4.69) is 4.99 Å². The molecule has 0 saturated heterocycles. The summed E-state index contributed by atoms with van der Waals surface area (Å²) in [5, 5.41) is 0. The number of rotatable bonds is 1. The van der Waals surface area contributed by atoms with Crippen LogP contribution in [0.15, 0.2) is 4.99 Å². The molecule has 0 aromatic heterocycles. The highest BCUT2D eigenvalue weighted by Gasteiger charge is 2.28. The smallest absolute Gasteiger partial charge is 0.282 e. The standard InChI is InChI=1S/C9H16N2O/c10-9-11-6-8(12-9)7-4-2-1-3-5-7/h7-8H,1-6H2,(H2,10,11). The molecule has 3 heteroatoms. The topological polar surface area (TPSA) is 47.6 Å². The SMILES string of the molecule is NC1=NCC(C2CCCCC2)O1. The second kappa shape index (κ2) is 3.33. The summed E-state index contributed by atoms with van der Waals surface area (Å²) in [7, 11) is 0. The van der Waals surface area contributed by atoms with Crippen LogP contribution in [0.3, 0.4) is 0 Å². The van der Waals surface area contributed by atoms with Crippen LogP contribution in [0.5, 0.6) is 0 Å². The van der Waals surface area contributed by atoms with Crippen molar-refractivity contribution in [2.24, 2.45) is 16.6 Å². The van der Waals surface area contributed by atoms with E-state index in [-0.39, 0.29) is 0 Å². The van der Waals surface area contributed by atoms with Crippen molar-refractivity contribution in [3.63, 3.8) is 0 Å². The minimum atomic E-state index is 0.297. The Morgan fingerprint density at radius 1 is 1.25 bits per heavy atom. The van der Waals surface area contributed by atoms with Crippen LogP contribution in [0.25, 0.3) is 0 Å². The zero-order valence-corrected chi connectivity index (χ0v) is 7.33. The van der Waals surface area contributed by atoms with Crippen LogP contribution in [0.4, 0.5) is 0 Å². The molecule has 2 aliphatic rings. The van der Waals surface area contributed by atoms with Crippen molar-refractivity contribution < 1.29 is 4.74 Å². The molecule has 1 aliphatic heterocycles. The van der Waals surface area contributed by atoms with E-state index in [9.17, 15) is 0 Å². The Kier molecular flexibility index (Phi) is 2.19. The van der Waals surface area contributed by atoms with Gasteiger partial charge in [0.05, 0.1) is 6.54 Å². The monoisotopic (exact) mass is 168 g/mol. The predicted octanol–water partition coefficient (Wildman–Crippen LogP) is 1.28. The van der Waals surface area contributed by atoms with Crippen LogP contribution < -0.4 is 5.73 Å². The van der Waals surface area contributed by atoms with Crippen molar-refractivity contribution in [3.05, 3.63) is 0 Å². The Morgan fingerprint density at radius 2 is 2.00 bits per heavy atom. The van der Waals surface area contributed by atoms with Crippen molar-refractivity contribution in [2.45, 2.75) is 38.2 Å². The lowest BCUT2D eigenvalue weighted by Crippen LogP contribution is -2.28. The molecule has 1 saturated carbocycles. The number of nitrogens with two attached hydrogens (primary N) is 1. The lowest BCUT2D eigenvalue weighted by atomic mass is 9.85. The number of amidine groups is 1. The van der Waals surface area contributed by atoms with Crippen molar-refractivity contribution >= 4 is 6.02 Å². The van der Waals surface area contributed by atoms with Gasteiger partial charge in [-0.1, -0.05) is 19.3 Å². The molecule has 0 aromatic rings. The van der Waals surface area contributed by atoms with Gasteiger partial charge in [-0.3, -0.25) is 0 Å². The van der Waals surface area contributed by atoms with Gasteiger partial charge in [-0.25, -0.2) is 4.99 Å². The van der Waals surface area contributed by atoms with Gasteiger partial charge in [0.15, 0.2) is 0 Å². The summed E-state index contributed by atoms with van der Waals surface area (Å²) < 4.78 is 5.43. The molecule has 0 spiro atoms. The largest absolute Gasteiger partial charge is 0.460 e. The third kappa shape index (κ3) is 1.54. The number of hydrogen-bond acceptors (Lipinski definition) is 3. The summed E-state index contributed by atoms with van der Waals surface area (Å²) in [6.07, 6.45) is 6.99. The molecule has 0 radical (unpaired) electrons. The predicted molar refractivity (Wildman–Crippen MR) is 47.9 cm³/mol. The maximum atomic E-state index is 5.46. The molecule has 1 aliphatic carbocycles. The molecule has 1 unspecified atom stereocenters. The first-order chi connectivity index (χ1) is 5.86. The minimum absolute atomic E-state index is 0.297. The second-order valence-electron chi connectivity index (χ2n) is 3.73. The summed E-state index contributed by atoms with van der Waals surface area (Å²) in [6, 6.07) is 0.394. The highest BCUT2D eigenvalue weighted by Crippen LogP contribution is 2.29. The first-order valence-corrected chi connectivity index (χ1v) is 4.83. The Bertz CT molecular complexity index is 185. The maximum absolute atomic E-state index is 5.46. The molecule has 0 aromatic carbocycles. The molecule has 1 fully saturated rings. The quantitative estimate of drug-likeness (QED) is 0.641. The van der Waals surface area contributed by atoms with Crippen LogP contribution in [-0.4, -0.2) is 18.7 Å². The van der Waals surface area contributed by atoms with Gasteiger partial charge in [0.1, 0.15) is 6.10 Å². The molecule has 2 N–H and O–H groups in total. The van der Waals surface area contributed by atoms with E-state index in [1.54, 1.807) is 0 Å². The third-order valence-corrected chi connectivity index (χ3v) is 2.87. The lowest BCUT2D eigenvalue weighted by molar-refractivity contribution is 0.121. The van der Waals surface area contributed by atoms with E-state index < -0.39 is 0 Å². The van der Waals surface area contributed by atoms with E-state index in [1.165, 1.54) is 32.1 Å². The molecule has 1 atom stereocenters. The molecule has 0 bridgehead atoms.